The lowest BCUT2D eigenvalue weighted by atomic mass is 10.0. The summed E-state index contributed by atoms with van der Waals surface area (Å²) in [7, 11) is 0. The molecular formula is C22H27ClFN3O2S. The van der Waals surface area contributed by atoms with Crippen molar-refractivity contribution < 1.29 is 14.2 Å². The van der Waals surface area contributed by atoms with E-state index in [2.05, 4.69) is 27.3 Å². The number of benzene rings is 2. The van der Waals surface area contributed by atoms with Crippen LogP contribution in [0, 0.1) is 5.82 Å². The lowest BCUT2D eigenvalue weighted by Crippen LogP contribution is -2.45. The number of nitrogens with one attached hydrogen (secondary N) is 1. The van der Waals surface area contributed by atoms with Gasteiger partial charge >= 0.3 is 0 Å². The van der Waals surface area contributed by atoms with Gasteiger partial charge in [-0.25, -0.2) is 9.37 Å². The molecule has 162 valence electrons. The number of rotatable bonds is 8. The largest absolute Gasteiger partial charge is 0.491 e. The van der Waals surface area contributed by atoms with Gasteiger partial charge in [-0.1, -0.05) is 12.1 Å². The Bertz CT molecular complexity index is 883. The first-order valence-corrected chi connectivity index (χ1v) is 10.8. The molecule has 1 atom stereocenters. The summed E-state index contributed by atoms with van der Waals surface area (Å²) in [6, 6.07) is 14.6. The average Bonchev–Trinajstić information content (AvgIpc) is 3.16. The van der Waals surface area contributed by atoms with Gasteiger partial charge in [0.15, 0.2) is 0 Å². The molecule has 5 nitrogen and oxygen atoms in total. The maximum absolute atomic E-state index is 12.9. The highest BCUT2D eigenvalue weighted by molar-refractivity contribution is 7.18. The van der Waals surface area contributed by atoms with Gasteiger partial charge in [0.05, 0.1) is 10.2 Å². The standard InChI is InChI=1S/C22H26FN3O2S.ClH/c23-16-5-7-19(8-6-16)28-15-18(27)14-26-11-9-17(10-12-26)24-13-22-25-20-3-1-2-4-21(20)29-22;/h1-8,17-18,24,27H,9-15H2;1H. The third-order valence-corrected chi connectivity index (χ3v) is 6.23. The van der Waals surface area contributed by atoms with Crippen molar-refractivity contribution in [2.24, 2.45) is 0 Å². The Morgan fingerprint density at radius 2 is 1.90 bits per heavy atom. The van der Waals surface area contributed by atoms with Gasteiger partial charge in [0, 0.05) is 19.1 Å². The van der Waals surface area contributed by atoms with Crippen molar-refractivity contribution in [1.29, 1.82) is 0 Å². The highest BCUT2D eigenvalue weighted by Gasteiger charge is 2.21. The van der Waals surface area contributed by atoms with Gasteiger partial charge in [0.25, 0.3) is 0 Å². The van der Waals surface area contributed by atoms with Crippen LogP contribution < -0.4 is 10.1 Å². The number of thiazole rings is 1. The zero-order valence-corrected chi connectivity index (χ0v) is 18.3. The van der Waals surface area contributed by atoms with E-state index < -0.39 is 6.10 Å². The summed E-state index contributed by atoms with van der Waals surface area (Å²) in [5.41, 5.74) is 1.07. The number of likely N-dealkylation sites (tertiary alicyclic amines) is 1. The van der Waals surface area contributed by atoms with Crippen LogP contribution in [0.15, 0.2) is 48.5 Å². The molecule has 30 heavy (non-hydrogen) atoms. The number of para-hydroxylation sites is 1. The van der Waals surface area contributed by atoms with Crippen LogP contribution in [0.3, 0.4) is 0 Å². The third-order valence-electron chi connectivity index (χ3n) is 5.19. The number of hydrogen-bond donors (Lipinski definition) is 2. The van der Waals surface area contributed by atoms with Crippen molar-refractivity contribution >= 4 is 34.0 Å². The summed E-state index contributed by atoms with van der Waals surface area (Å²) >= 11 is 1.75. The number of nitrogens with zero attached hydrogens (tertiary/aromatic N) is 2. The van der Waals surface area contributed by atoms with Gasteiger partial charge in [0.1, 0.15) is 29.3 Å². The normalized spacial score (nSPS) is 16.3. The summed E-state index contributed by atoms with van der Waals surface area (Å²) in [5, 5.41) is 15.0. The molecule has 3 aromatic rings. The molecule has 0 bridgehead atoms. The maximum Gasteiger partial charge on any atom is 0.123 e. The first-order chi connectivity index (χ1) is 14.2. The van der Waals surface area contributed by atoms with Gasteiger partial charge in [-0.05, 0) is 62.3 Å². The van der Waals surface area contributed by atoms with E-state index >= 15 is 0 Å². The lowest BCUT2D eigenvalue weighted by Gasteiger charge is -2.33. The highest BCUT2D eigenvalue weighted by Crippen LogP contribution is 2.22. The second-order valence-electron chi connectivity index (χ2n) is 7.45. The van der Waals surface area contributed by atoms with Crippen molar-refractivity contribution in [3.63, 3.8) is 0 Å². The van der Waals surface area contributed by atoms with E-state index in [-0.39, 0.29) is 24.8 Å². The molecule has 0 amide bonds. The lowest BCUT2D eigenvalue weighted by molar-refractivity contribution is 0.0578. The number of halogens is 2. The van der Waals surface area contributed by atoms with E-state index in [0.717, 1.165) is 43.0 Å². The molecule has 2 N–H and O–H groups in total. The number of aromatic nitrogens is 1. The molecule has 0 aliphatic carbocycles. The van der Waals surface area contributed by atoms with Gasteiger partial charge < -0.3 is 20.1 Å². The van der Waals surface area contributed by atoms with Crippen LogP contribution in [-0.2, 0) is 6.54 Å². The molecule has 0 spiro atoms. The quantitative estimate of drug-likeness (QED) is 0.544. The van der Waals surface area contributed by atoms with E-state index in [4.69, 9.17) is 4.74 Å². The summed E-state index contributed by atoms with van der Waals surface area (Å²) < 4.78 is 19.7. The van der Waals surface area contributed by atoms with Gasteiger partial charge in [-0.2, -0.15) is 0 Å². The van der Waals surface area contributed by atoms with Crippen molar-refractivity contribution in [3.8, 4) is 5.75 Å². The summed E-state index contributed by atoms with van der Waals surface area (Å²) in [6.45, 7) is 3.50. The van der Waals surface area contributed by atoms with Crippen LogP contribution in [0.4, 0.5) is 4.39 Å². The molecule has 1 unspecified atom stereocenters. The van der Waals surface area contributed by atoms with E-state index in [1.165, 1.54) is 16.8 Å². The fraction of sp³-hybridized carbons (Fsp3) is 0.409. The predicted molar refractivity (Wildman–Crippen MR) is 121 cm³/mol. The fourth-order valence-electron chi connectivity index (χ4n) is 3.62. The van der Waals surface area contributed by atoms with Gasteiger partial charge in [0.2, 0.25) is 0 Å². The molecule has 2 heterocycles. The van der Waals surface area contributed by atoms with Crippen molar-refractivity contribution in [3.05, 3.63) is 59.4 Å². The number of aliphatic hydroxyl groups excluding tert-OH is 1. The number of hydrogen-bond acceptors (Lipinski definition) is 6. The summed E-state index contributed by atoms with van der Waals surface area (Å²) in [6.07, 6.45) is 1.54. The van der Waals surface area contributed by atoms with E-state index in [1.807, 2.05) is 12.1 Å². The number of β-amino-alcohol motifs (C(OH)–C–C–N with tert-alkyl or cyclic N) is 1. The van der Waals surface area contributed by atoms with E-state index in [9.17, 15) is 9.50 Å². The molecular weight excluding hydrogens is 425 g/mol. The van der Waals surface area contributed by atoms with Crippen LogP contribution in [0.1, 0.15) is 17.8 Å². The molecule has 8 heteroatoms. The van der Waals surface area contributed by atoms with Crippen LogP contribution in [0.2, 0.25) is 0 Å². The van der Waals surface area contributed by atoms with Crippen LogP contribution in [0.25, 0.3) is 10.2 Å². The molecule has 1 aliphatic heterocycles. The fourth-order valence-corrected chi connectivity index (χ4v) is 4.54. The molecule has 1 aliphatic rings. The first-order valence-electron chi connectivity index (χ1n) is 10.0. The molecule has 1 aromatic heterocycles. The van der Waals surface area contributed by atoms with Crippen LogP contribution >= 0.6 is 23.7 Å². The Labute approximate surface area is 186 Å². The monoisotopic (exact) mass is 451 g/mol. The maximum atomic E-state index is 12.9. The van der Waals surface area contributed by atoms with E-state index in [1.54, 1.807) is 23.5 Å². The minimum Gasteiger partial charge on any atom is -0.491 e. The Kier molecular flexibility index (Phi) is 8.41. The SMILES string of the molecule is Cl.OC(COc1ccc(F)cc1)CN1CCC(NCc2nc3ccccc3s2)CC1. The second kappa shape index (κ2) is 11.0. The van der Waals surface area contributed by atoms with Crippen molar-refractivity contribution in [2.75, 3.05) is 26.2 Å². The smallest absolute Gasteiger partial charge is 0.123 e. The average molecular weight is 452 g/mol. The van der Waals surface area contributed by atoms with Crippen molar-refractivity contribution in [2.45, 2.75) is 31.5 Å². The predicted octanol–water partition coefficient (Wildman–Crippen LogP) is 3.85. The first kappa shape index (κ1) is 22.9. The van der Waals surface area contributed by atoms with Gasteiger partial charge in [-0.3, -0.25) is 0 Å². The zero-order valence-electron chi connectivity index (χ0n) is 16.7. The molecule has 1 fully saturated rings. The molecule has 1 saturated heterocycles. The zero-order chi connectivity index (χ0) is 20.1. The molecule has 2 aromatic carbocycles. The number of piperidine rings is 1. The van der Waals surface area contributed by atoms with E-state index in [0.29, 0.717) is 18.3 Å². The third kappa shape index (κ3) is 6.36. The highest BCUT2D eigenvalue weighted by atomic mass is 35.5. The molecule has 0 saturated carbocycles. The number of fused-ring (bicyclic) bond motifs is 1. The number of aliphatic hydroxyl groups is 1. The van der Waals surface area contributed by atoms with Crippen molar-refractivity contribution in [1.82, 2.24) is 15.2 Å². The molecule has 4 rings (SSSR count). The summed E-state index contributed by atoms with van der Waals surface area (Å²) in [4.78, 5) is 6.95. The summed E-state index contributed by atoms with van der Waals surface area (Å²) in [5.74, 6) is 0.278. The van der Waals surface area contributed by atoms with Crippen LogP contribution in [0.5, 0.6) is 5.75 Å². The van der Waals surface area contributed by atoms with Crippen LogP contribution in [-0.4, -0.2) is 53.4 Å². The number of ether oxygens (including phenoxy) is 1. The van der Waals surface area contributed by atoms with Gasteiger partial charge in [-0.15, -0.1) is 23.7 Å². The molecule has 0 radical (unpaired) electrons. The topological polar surface area (TPSA) is 57.6 Å². The Hall–Kier alpha value is -1.77. The minimum atomic E-state index is -0.563. The Balaban J connectivity index is 0.00000256. The second-order valence-corrected chi connectivity index (χ2v) is 8.57. The Morgan fingerprint density at radius 3 is 2.63 bits per heavy atom. The Morgan fingerprint density at radius 1 is 1.17 bits per heavy atom. The minimum absolute atomic E-state index is 0.